The highest BCUT2D eigenvalue weighted by molar-refractivity contribution is 7.39. The zero-order valence-corrected chi connectivity index (χ0v) is 15.6. The molecule has 0 aliphatic carbocycles. The minimum Gasteiger partial charge on any atom is -0.474 e. The second-order valence-electron chi connectivity index (χ2n) is 5.78. The van der Waals surface area contributed by atoms with Gasteiger partial charge in [-0.3, -0.25) is 4.40 Å². The number of pyridine rings is 2. The highest BCUT2D eigenvalue weighted by Gasteiger charge is 2.29. The van der Waals surface area contributed by atoms with Gasteiger partial charge in [0.05, 0.1) is 11.7 Å². The fraction of sp³-hybridized carbons (Fsp3) is 0.250. The Balaban J connectivity index is 1.89. The maximum atomic E-state index is 13.6. The van der Waals surface area contributed by atoms with Gasteiger partial charge in [-0.1, -0.05) is 24.5 Å². The molecule has 0 radical (unpaired) electrons. The van der Waals surface area contributed by atoms with E-state index in [4.69, 9.17) is 4.74 Å². The van der Waals surface area contributed by atoms with E-state index >= 15 is 0 Å². The molecule has 0 aliphatic heterocycles. The van der Waals surface area contributed by atoms with Crippen LogP contribution in [0, 0.1) is 0 Å². The van der Waals surface area contributed by atoms with E-state index in [0.29, 0.717) is 11.1 Å². The Morgan fingerprint density at radius 2 is 1.76 bits per heavy atom. The second-order valence-corrected chi connectivity index (χ2v) is 8.37. The lowest BCUT2D eigenvalue weighted by Gasteiger charge is -2.14. The van der Waals surface area contributed by atoms with Crippen molar-refractivity contribution in [2.75, 3.05) is 6.61 Å². The molecular weight excluding hydrogens is 369 g/mol. The van der Waals surface area contributed by atoms with Crippen molar-refractivity contribution in [2.24, 2.45) is 0 Å². The molecule has 3 heterocycles. The normalized spacial score (nSPS) is 12.6. The van der Waals surface area contributed by atoms with Gasteiger partial charge in [-0.25, -0.2) is 14.4 Å². The van der Waals surface area contributed by atoms with E-state index in [1.165, 1.54) is 10.6 Å². The molecule has 0 fully saturated rings. The Kier molecular flexibility index (Phi) is 4.74. The van der Waals surface area contributed by atoms with E-state index in [1.54, 1.807) is 36.7 Å². The van der Waals surface area contributed by atoms with E-state index < -0.39 is 11.1 Å². The van der Waals surface area contributed by atoms with Crippen LogP contribution in [-0.4, -0.2) is 26.1 Å². The maximum absolute atomic E-state index is 13.6. The predicted octanol–water partition coefficient (Wildman–Crippen LogP) is 4.26. The van der Waals surface area contributed by atoms with Gasteiger partial charge >= 0.3 is 5.92 Å². The maximum Gasteiger partial charge on any atom is 0.302 e. The van der Waals surface area contributed by atoms with E-state index in [0.717, 1.165) is 12.5 Å². The number of imidazole rings is 1. The first kappa shape index (κ1) is 18.1. The minimum atomic E-state index is -3.05. The molecule has 0 aliphatic rings. The highest BCUT2D eigenvalue weighted by Crippen LogP contribution is 2.30. The number of alkyl halides is 3. The molecule has 9 heteroatoms. The molecule has 25 heavy (non-hydrogen) atoms. The van der Waals surface area contributed by atoms with E-state index in [2.05, 4.69) is 9.97 Å². The summed E-state index contributed by atoms with van der Waals surface area (Å²) in [7, 11) is 4.03. The van der Waals surface area contributed by atoms with Gasteiger partial charge in [-0.2, -0.15) is 8.78 Å². The molecule has 0 amide bonds. The minimum absolute atomic E-state index is 0.176. The smallest absolute Gasteiger partial charge is 0.302 e. The van der Waals surface area contributed by atoms with Gasteiger partial charge in [0.1, 0.15) is 6.61 Å². The van der Waals surface area contributed by atoms with Crippen molar-refractivity contribution < 1.29 is 17.9 Å². The lowest BCUT2D eigenvalue weighted by atomic mass is 10.1. The van der Waals surface area contributed by atoms with Gasteiger partial charge in [0.15, 0.2) is 11.0 Å². The fourth-order valence-electron chi connectivity index (χ4n) is 2.31. The molecular formula is C16H16F3N3OP2. The summed E-state index contributed by atoms with van der Waals surface area (Å²) in [6.07, 6.45) is 4.54. The molecule has 3 aromatic heterocycles. The van der Waals surface area contributed by atoms with Crippen molar-refractivity contribution in [2.45, 2.75) is 18.0 Å². The summed E-state index contributed by atoms with van der Waals surface area (Å²) in [6.45, 7) is 0.635. The summed E-state index contributed by atoms with van der Waals surface area (Å²) < 4.78 is 47.3. The second kappa shape index (κ2) is 6.54. The first-order chi connectivity index (χ1) is 11.6. The summed E-state index contributed by atoms with van der Waals surface area (Å²) in [4.78, 5) is 7.92. The molecule has 0 bridgehead atoms. The predicted molar refractivity (Wildman–Crippen MR) is 96.7 cm³/mol. The zero-order chi connectivity index (χ0) is 18.2. The van der Waals surface area contributed by atoms with Crippen LogP contribution < -0.4 is 4.74 Å². The van der Waals surface area contributed by atoms with Gasteiger partial charge in [0.2, 0.25) is 5.88 Å². The Morgan fingerprint density at radius 1 is 1.04 bits per heavy atom. The van der Waals surface area contributed by atoms with Crippen LogP contribution in [0.15, 0.2) is 42.9 Å². The number of halogens is 3. The number of hydrogen-bond acceptors (Lipinski definition) is 3. The average molecular weight is 385 g/mol. The number of aromatic nitrogens is 3. The van der Waals surface area contributed by atoms with Crippen LogP contribution in [0.4, 0.5) is 13.2 Å². The third-order valence-electron chi connectivity index (χ3n) is 3.43. The van der Waals surface area contributed by atoms with Gasteiger partial charge in [0, 0.05) is 30.9 Å². The quantitative estimate of drug-likeness (QED) is 0.616. The largest absolute Gasteiger partial charge is 0.474 e. The van der Waals surface area contributed by atoms with Crippen LogP contribution in [0.1, 0.15) is 12.7 Å². The summed E-state index contributed by atoms with van der Waals surface area (Å²) in [6, 6.07) is 6.84. The van der Waals surface area contributed by atoms with E-state index in [1.807, 2.05) is 18.5 Å². The third-order valence-corrected chi connectivity index (χ3v) is 3.76. The van der Waals surface area contributed by atoms with Crippen molar-refractivity contribution in [1.82, 2.24) is 14.4 Å². The zero-order valence-electron chi connectivity index (χ0n) is 13.3. The molecule has 4 nitrogen and oxygen atoms in total. The van der Waals surface area contributed by atoms with Crippen molar-refractivity contribution in [1.29, 1.82) is 0 Å². The highest BCUT2D eigenvalue weighted by atomic mass is 31.1. The molecule has 0 saturated carbocycles. The molecule has 2 unspecified atom stereocenters. The molecule has 3 rings (SSSR count). The molecule has 0 saturated heterocycles. The van der Waals surface area contributed by atoms with Crippen LogP contribution >= 0.6 is 18.5 Å². The first-order valence-corrected chi connectivity index (χ1v) is 8.50. The Hall–Kier alpha value is -1.71. The van der Waals surface area contributed by atoms with Gasteiger partial charge in [-0.05, 0) is 17.7 Å². The number of rotatable bonds is 5. The number of hydrogen-bond donors (Lipinski definition) is 0. The SMILES string of the molecule is CC(F)(F)c1ncc2ccc(-c3ccc(OCC(F)(P)P)nc3)cn12. The Bertz CT molecular complexity index is 886. The molecule has 0 spiro atoms. The fourth-order valence-corrected chi connectivity index (χ4v) is 2.47. The van der Waals surface area contributed by atoms with Gasteiger partial charge in [0.25, 0.3) is 0 Å². The van der Waals surface area contributed by atoms with Crippen LogP contribution in [0.5, 0.6) is 5.88 Å². The molecule has 132 valence electrons. The van der Waals surface area contributed by atoms with Gasteiger partial charge < -0.3 is 4.74 Å². The summed E-state index contributed by atoms with van der Waals surface area (Å²) in [5.41, 5.74) is 2.00. The number of fused-ring (bicyclic) bond motifs is 1. The summed E-state index contributed by atoms with van der Waals surface area (Å²) in [5, 5.41) is -1.62. The molecule has 2 atom stereocenters. The third kappa shape index (κ3) is 4.28. The Morgan fingerprint density at radius 3 is 2.36 bits per heavy atom. The van der Waals surface area contributed by atoms with Crippen molar-refractivity contribution in [3.63, 3.8) is 0 Å². The monoisotopic (exact) mass is 385 g/mol. The topological polar surface area (TPSA) is 39.4 Å². The molecule has 0 N–H and O–H groups in total. The van der Waals surface area contributed by atoms with E-state index in [-0.39, 0.29) is 18.3 Å². The van der Waals surface area contributed by atoms with Crippen LogP contribution in [0.2, 0.25) is 0 Å². The Labute approximate surface area is 147 Å². The standard InChI is InChI=1S/C16H16F3N3OP2/c1-15(17,18)14-21-7-12-4-2-11(8-22(12)14)10-3-5-13(20-6-10)23-9-16(19,24)25/h2-8H,9,24-25H2,1H3. The lowest BCUT2D eigenvalue weighted by Crippen LogP contribution is -2.15. The van der Waals surface area contributed by atoms with Crippen molar-refractivity contribution in [3.05, 3.63) is 48.7 Å². The van der Waals surface area contributed by atoms with Crippen molar-refractivity contribution >= 4 is 24.0 Å². The number of nitrogens with zero attached hydrogens (tertiary/aromatic N) is 3. The van der Waals surface area contributed by atoms with Crippen LogP contribution in [-0.2, 0) is 5.92 Å². The van der Waals surface area contributed by atoms with E-state index in [9.17, 15) is 13.2 Å². The lowest BCUT2D eigenvalue weighted by molar-refractivity contribution is 0.00721. The summed E-state index contributed by atoms with van der Waals surface area (Å²) >= 11 is 0. The molecule has 0 aromatic carbocycles. The number of ether oxygens (including phenoxy) is 1. The van der Waals surface area contributed by atoms with Crippen LogP contribution in [0.25, 0.3) is 16.6 Å². The summed E-state index contributed by atoms with van der Waals surface area (Å²) in [5.74, 6) is -3.09. The van der Waals surface area contributed by atoms with Crippen LogP contribution in [0.3, 0.4) is 0 Å². The first-order valence-electron chi connectivity index (χ1n) is 7.35. The van der Waals surface area contributed by atoms with Crippen molar-refractivity contribution in [3.8, 4) is 17.0 Å². The molecule has 3 aromatic rings. The van der Waals surface area contributed by atoms with Gasteiger partial charge in [-0.15, -0.1) is 0 Å². The average Bonchev–Trinajstić information content (AvgIpc) is 2.96.